The van der Waals surface area contributed by atoms with Gasteiger partial charge < -0.3 is 19.5 Å². The van der Waals surface area contributed by atoms with E-state index >= 15 is 0 Å². The molecule has 2 aromatic rings. The molecule has 0 fully saturated rings. The summed E-state index contributed by atoms with van der Waals surface area (Å²) in [5.74, 6) is 1.41. The molecule has 0 heterocycles. The summed E-state index contributed by atoms with van der Waals surface area (Å²) in [6.45, 7) is 3.64. The number of carbonyl (C=O) groups excluding carboxylic acids is 1. The molecule has 2 atom stereocenters. The molecule has 8 nitrogen and oxygen atoms in total. The Bertz CT molecular complexity index is 992. The van der Waals surface area contributed by atoms with Gasteiger partial charge in [-0.3, -0.25) is 9.10 Å². The number of sulfonamides is 1. The summed E-state index contributed by atoms with van der Waals surface area (Å²) in [6, 6.07) is 11.8. The van der Waals surface area contributed by atoms with E-state index in [9.17, 15) is 13.2 Å². The minimum absolute atomic E-state index is 0.218. The third kappa shape index (κ3) is 6.27. The van der Waals surface area contributed by atoms with Gasteiger partial charge in [0, 0.05) is 7.05 Å². The fourth-order valence-corrected chi connectivity index (χ4v) is 3.47. The number of hydrogen-bond donors (Lipinski definition) is 1. The fourth-order valence-electron chi connectivity index (χ4n) is 2.96. The summed E-state index contributed by atoms with van der Waals surface area (Å²) < 4.78 is 40.8. The summed E-state index contributed by atoms with van der Waals surface area (Å²) in [5, 5.41) is 2.99. The maximum absolute atomic E-state index is 12.7. The van der Waals surface area contributed by atoms with Crippen LogP contribution in [0.25, 0.3) is 0 Å². The topological polar surface area (TPSA) is 94.2 Å². The molecule has 2 rings (SSSR count). The van der Waals surface area contributed by atoms with Crippen molar-refractivity contribution in [1.29, 1.82) is 0 Å². The standard InChI is InChI=1S/C22H30N2O6S/c1-7-19(16-8-13-20(28-4)21(14-16)29-5)23-22(25)15(2)30-18-11-9-17(10-12-18)24(3)31(6,26)27/h8-15,19H,7H2,1-6H3,(H,23,25). The van der Waals surface area contributed by atoms with Gasteiger partial charge in [-0.05, 0) is 55.3 Å². The predicted molar refractivity (Wildman–Crippen MR) is 120 cm³/mol. The Morgan fingerprint density at radius 3 is 2.19 bits per heavy atom. The van der Waals surface area contributed by atoms with Gasteiger partial charge in [0.2, 0.25) is 10.0 Å². The molecule has 0 bridgehead atoms. The van der Waals surface area contributed by atoms with E-state index in [1.807, 2.05) is 19.1 Å². The van der Waals surface area contributed by atoms with Crippen LogP contribution in [0.2, 0.25) is 0 Å². The molecule has 2 unspecified atom stereocenters. The predicted octanol–water partition coefficient (Wildman–Crippen LogP) is 3.13. The first kappa shape index (κ1) is 24.3. The number of anilines is 1. The second-order valence-corrected chi connectivity index (χ2v) is 9.08. The minimum atomic E-state index is -3.35. The molecule has 0 radical (unpaired) electrons. The Balaban J connectivity index is 2.05. The molecule has 0 saturated carbocycles. The van der Waals surface area contributed by atoms with E-state index in [1.165, 1.54) is 11.4 Å². The zero-order valence-corrected chi connectivity index (χ0v) is 19.5. The molecule has 31 heavy (non-hydrogen) atoms. The Morgan fingerprint density at radius 1 is 1.06 bits per heavy atom. The van der Waals surface area contributed by atoms with Crippen molar-refractivity contribution in [3.05, 3.63) is 48.0 Å². The molecule has 0 aliphatic heterocycles. The molecule has 9 heteroatoms. The number of carbonyl (C=O) groups is 1. The van der Waals surface area contributed by atoms with Gasteiger partial charge in [0.05, 0.1) is 32.2 Å². The number of benzene rings is 2. The lowest BCUT2D eigenvalue weighted by Crippen LogP contribution is -2.38. The van der Waals surface area contributed by atoms with E-state index in [4.69, 9.17) is 14.2 Å². The van der Waals surface area contributed by atoms with Crippen molar-refractivity contribution in [3.8, 4) is 17.2 Å². The van der Waals surface area contributed by atoms with Gasteiger partial charge in [-0.2, -0.15) is 0 Å². The van der Waals surface area contributed by atoms with Crippen LogP contribution in [0.15, 0.2) is 42.5 Å². The van der Waals surface area contributed by atoms with Gasteiger partial charge in [0.1, 0.15) is 5.75 Å². The van der Waals surface area contributed by atoms with Crippen molar-refractivity contribution in [2.75, 3.05) is 31.8 Å². The Hall–Kier alpha value is -2.94. The second kappa shape index (κ2) is 10.4. The second-order valence-electron chi connectivity index (χ2n) is 7.07. The van der Waals surface area contributed by atoms with Crippen molar-refractivity contribution in [3.63, 3.8) is 0 Å². The summed E-state index contributed by atoms with van der Waals surface area (Å²) in [6.07, 6.45) is 1.07. The van der Waals surface area contributed by atoms with Gasteiger partial charge in [-0.25, -0.2) is 8.42 Å². The molecule has 0 aromatic heterocycles. The molecule has 170 valence electrons. The van der Waals surface area contributed by atoms with Gasteiger partial charge in [0.25, 0.3) is 5.91 Å². The van der Waals surface area contributed by atoms with Crippen LogP contribution >= 0.6 is 0 Å². The van der Waals surface area contributed by atoms with E-state index in [-0.39, 0.29) is 11.9 Å². The normalized spacial score (nSPS) is 13.1. The number of rotatable bonds is 10. The van der Waals surface area contributed by atoms with Crippen LogP contribution in [0.4, 0.5) is 5.69 Å². The Morgan fingerprint density at radius 2 is 1.68 bits per heavy atom. The Kier molecular flexibility index (Phi) is 8.15. The minimum Gasteiger partial charge on any atom is -0.493 e. The average Bonchev–Trinajstić information content (AvgIpc) is 2.76. The smallest absolute Gasteiger partial charge is 0.261 e. The quantitative estimate of drug-likeness (QED) is 0.598. The average molecular weight is 451 g/mol. The molecule has 0 spiro atoms. The van der Waals surface area contributed by atoms with Gasteiger partial charge in [-0.1, -0.05) is 13.0 Å². The number of amides is 1. The van der Waals surface area contributed by atoms with Gasteiger partial charge >= 0.3 is 0 Å². The van der Waals surface area contributed by atoms with Gasteiger partial charge in [0.15, 0.2) is 17.6 Å². The van der Waals surface area contributed by atoms with Crippen molar-refractivity contribution < 1.29 is 27.4 Å². The summed E-state index contributed by atoms with van der Waals surface area (Å²) in [5.41, 5.74) is 1.40. The third-order valence-electron chi connectivity index (χ3n) is 4.91. The zero-order valence-electron chi connectivity index (χ0n) is 18.7. The maximum atomic E-state index is 12.7. The van der Waals surface area contributed by atoms with Crippen LogP contribution in [-0.2, 0) is 14.8 Å². The lowest BCUT2D eigenvalue weighted by atomic mass is 10.0. The highest BCUT2D eigenvalue weighted by molar-refractivity contribution is 7.92. The first-order valence-corrected chi connectivity index (χ1v) is 11.7. The number of methoxy groups -OCH3 is 2. The number of nitrogens with one attached hydrogen (secondary N) is 1. The maximum Gasteiger partial charge on any atom is 0.261 e. The van der Waals surface area contributed by atoms with Crippen molar-refractivity contribution in [1.82, 2.24) is 5.32 Å². The zero-order chi connectivity index (χ0) is 23.2. The van der Waals surface area contributed by atoms with Crippen molar-refractivity contribution in [2.45, 2.75) is 32.4 Å². The van der Waals surface area contributed by atoms with Crippen LogP contribution in [0.1, 0.15) is 31.9 Å². The van der Waals surface area contributed by atoms with Crippen LogP contribution in [0.5, 0.6) is 17.2 Å². The molecule has 2 aromatic carbocycles. The summed E-state index contributed by atoms with van der Waals surface area (Å²) in [7, 11) is 1.26. The lowest BCUT2D eigenvalue weighted by molar-refractivity contribution is -0.128. The van der Waals surface area contributed by atoms with E-state index in [0.29, 0.717) is 29.4 Å². The highest BCUT2D eigenvalue weighted by Crippen LogP contribution is 2.31. The Labute approximate surface area is 184 Å². The van der Waals surface area contributed by atoms with E-state index in [1.54, 1.807) is 51.5 Å². The van der Waals surface area contributed by atoms with Crippen LogP contribution in [0.3, 0.4) is 0 Å². The van der Waals surface area contributed by atoms with E-state index in [0.717, 1.165) is 11.8 Å². The SMILES string of the molecule is CCC(NC(=O)C(C)Oc1ccc(N(C)S(C)(=O)=O)cc1)c1ccc(OC)c(OC)c1. The molecule has 0 aliphatic carbocycles. The first-order valence-electron chi connectivity index (χ1n) is 9.83. The van der Waals surface area contributed by atoms with E-state index in [2.05, 4.69) is 5.32 Å². The molecule has 1 N–H and O–H groups in total. The molecule has 0 aliphatic rings. The fraction of sp³-hybridized carbons (Fsp3) is 0.409. The summed E-state index contributed by atoms with van der Waals surface area (Å²) in [4.78, 5) is 12.7. The van der Waals surface area contributed by atoms with Crippen molar-refractivity contribution in [2.24, 2.45) is 0 Å². The lowest BCUT2D eigenvalue weighted by Gasteiger charge is -2.22. The molecule has 0 saturated heterocycles. The highest BCUT2D eigenvalue weighted by atomic mass is 32.2. The number of nitrogens with zero attached hydrogens (tertiary/aromatic N) is 1. The van der Waals surface area contributed by atoms with Gasteiger partial charge in [-0.15, -0.1) is 0 Å². The van der Waals surface area contributed by atoms with E-state index < -0.39 is 16.1 Å². The molecular formula is C22H30N2O6S. The number of ether oxygens (including phenoxy) is 3. The summed E-state index contributed by atoms with van der Waals surface area (Å²) >= 11 is 0. The van der Waals surface area contributed by atoms with Crippen LogP contribution in [-0.4, -0.2) is 48.0 Å². The molecule has 1 amide bonds. The monoisotopic (exact) mass is 450 g/mol. The van der Waals surface area contributed by atoms with Crippen LogP contribution in [0, 0.1) is 0 Å². The number of hydrogen-bond acceptors (Lipinski definition) is 6. The largest absolute Gasteiger partial charge is 0.493 e. The highest BCUT2D eigenvalue weighted by Gasteiger charge is 2.21. The van der Waals surface area contributed by atoms with Crippen molar-refractivity contribution >= 4 is 21.6 Å². The molecular weight excluding hydrogens is 420 g/mol. The first-order chi connectivity index (χ1) is 14.6. The third-order valence-corrected chi connectivity index (χ3v) is 6.12. The van der Waals surface area contributed by atoms with Crippen LogP contribution < -0.4 is 23.8 Å².